The maximum absolute atomic E-state index is 12.1. The van der Waals surface area contributed by atoms with Gasteiger partial charge in [-0.05, 0) is 33.1 Å². The third kappa shape index (κ3) is 3.96. The second kappa shape index (κ2) is 6.34. The normalized spacial score (nSPS) is 13.9. The Bertz CT molecular complexity index is 489. The first kappa shape index (κ1) is 18.0. The van der Waals surface area contributed by atoms with Crippen LogP contribution in [0.1, 0.15) is 54.2 Å². The number of carbonyl (C=O) groups is 1. The van der Waals surface area contributed by atoms with E-state index in [2.05, 4.69) is 44.6 Å². The standard InChI is InChI=1S/C16H28N2O2S/c1-9-20-13(19)16(6,7)12-10-21-14(17-12)18(8)11(2)15(3,4)5/h10-11H,9H2,1-8H3. The summed E-state index contributed by atoms with van der Waals surface area (Å²) < 4.78 is 5.14. The highest BCUT2D eigenvalue weighted by atomic mass is 32.1. The molecule has 1 heterocycles. The Morgan fingerprint density at radius 1 is 1.38 bits per heavy atom. The predicted molar refractivity (Wildman–Crippen MR) is 89.1 cm³/mol. The number of ether oxygens (including phenoxy) is 1. The molecular formula is C16H28N2O2S. The minimum atomic E-state index is -0.712. The van der Waals surface area contributed by atoms with Crippen molar-refractivity contribution < 1.29 is 9.53 Å². The number of carbonyl (C=O) groups excluding carboxylic acids is 1. The average Bonchev–Trinajstić information content (AvgIpc) is 2.86. The molecular weight excluding hydrogens is 284 g/mol. The molecule has 120 valence electrons. The van der Waals surface area contributed by atoms with Crippen LogP contribution >= 0.6 is 11.3 Å². The van der Waals surface area contributed by atoms with Crippen molar-refractivity contribution in [2.24, 2.45) is 5.41 Å². The van der Waals surface area contributed by atoms with Crippen LogP contribution < -0.4 is 4.90 Å². The summed E-state index contributed by atoms with van der Waals surface area (Å²) in [6, 6.07) is 0.349. The zero-order valence-corrected chi connectivity index (χ0v) is 15.3. The maximum Gasteiger partial charge on any atom is 0.317 e. The lowest BCUT2D eigenvalue weighted by molar-refractivity contribution is -0.148. The number of esters is 1. The second-order valence-corrected chi connectivity index (χ2v) is 7.85. The van der Waals surface area contributed by atoms with Crippen molar-refractivity contribution in [1.29, 1.82) is 0 Å². The van der Waals surface area contributed by atoms with E-state index in [1.165, 1.54) is 0 Å². The minimum Gasteiger partial charge on any atom is -0.465 e. The Morgan fingerprint density at radius 3 is 2.43 bits per heavy atom. The van der Waals surface area contributed by atoms with Crippen LogP contribution in [0.2, 0.25) is 0 Å². The Hall–Kier alpha value is -1.10. The first-order chi connectivity index (χ1) is 9.51. The van der Waals surface area contributed by atoms with Gasteiger partial charge in [0.2, 0.25) is 0 Å². The number of nitrogens with zero attached hydrogens (tertiary/aromatic N) is 2. The molecule has 0 bridgehead atoms. The van der Waals surface area contributed by atoms with Crippen molar-refractivity contribution in [3.8, 4) is 0 Å². The highest BCUT2D eigenvalue weighted by Gasteiger charge is 2.35. The van der Waals surface area contributed by atoms with E-state index in [0.717, 1.165) is 10.8 Å². The van der Waals surface area contributed by atoms with Gasteiger partial charge in [-0.15, -0.1) is 11.3 Å². The third-order valence-corrected chi connectivity index (χ3v) is 4.99. The fourth-order valence-corrected chi connectivity index (χ4v) is 2.92. The number of aromatic nitrogens is 1. The van der Waals surface area contributed by atoms with Gasteiger partial charge < -0.3 is 9.64 Å². The van der Waals surface area contributed by atoms with Gasteiger partial charge in [-0.2, -0.15) is 0 Å². The number of rotatable bonds is 5. The Labute approximate surface area is 132 Å². The van der Waals surface area contributed by atoms with Crippen LogP contribution in [0, 0.1) is 5.41 Å². The number of hydrogen-bond donors (Lipinski definition) is 0. The fourth-order valence-electron chi connectivity index (χ4n) is 1.88. The molecule has 1 aromatic rings. The molecule has 1 atom stereocenters. The molecule has 1 aromatic heterocycles. The molecule has 0 N–H and O–H groups in total. The highest BCUT2D eigenvalue weighted by Crippen LogP contribution is 2.33. The smallest absolute Gasteiger partial charge is 0.317 e. The number of thiazole rings is 1. The van der Waals surface area contributed by atoms with E-state index in [0.29, 0.717) is 12.6 Å². The Kier molecular flexibility index (Phi) is 5.42. The molecule has 0 radical (unpaired) electrons. The number of anilines is 1. The summed E-state index contributed by atoms with van der Waals surface area (Å²) in [7, 11) is 2.05. The molecule has 0 aromatic carbocycles. The van der Waals surface area contributed by atoms with Crippen LogP contribution in [-0.2, 0) is 14.9 Å². The third-order valence-electron chi connectivity index (χ3n) is 4.05. The average molecular weight is 312 g/mol. The zero-order chi connectivity index (χ0) is 16.4. The lowest BCUT2D eigenvalue weighted by Crippen LogP contribution is -2.39. The van der Waals surface area contributed by atoms with E-state index < -0.39 is 5.41 Å². The number of hydrogen-bond acceptors (Lipinski definition) is 5. The summed E-state index contributed by atoms with van der Waals surface area (Å²) in [5.41, 5.74) is 0.224. The molecule has 0 aliphatic carbocycles. The molecule has 21 heavy (non-hydrogen) atoms. The van der Waals surface area contributed by atoms with E-state index in [4.69, 9.17) is 4.74 Å². The summed E-state index contributed by atoms with van der Waals surface area (Å²) >= 11 is 1.57. The van der Waals surface area contributed by atoms with Crippen molar-refractivity contribution in [1.82, 2.24) is 4.98 Å². The van der Waals surface area contributed by atoms with Crippen molar-refractivity contribution in [3.05, 3.63) is 11.1 Å². The van der Waals surface area contributed by atoms with E-state index in [1.807, 2.05) is 26.2 Å². The van der Waals surface area contributed by atoms with Gasteiger partial charge >= 0.3 is 5.97 Å². The molecule has 5 heteroatoms. The molecule has 4 nitrogen and oxygen atoms in total. The van der Waals surface area contributed by atoms with Crippen LogP contribution in [-0.4, -0.2) is 30.6 Å². The topological polar surface area (TPSA) is 42.4 Å². The van der Waals surface area contributed by atoms with Gasteiger partial charge in [-0.1, -0.05) is 20.8 Å². The van der Waals surface area contributed by atoms with Gasteiger partial charge in [0.05, 0.1) is 12.3 Å². The van der Waals surface area contributed by atoms with Crippen LogP contribution in [0.3, 0.4) is 0 Å². The van der Waals surface area contributed by atoms with Crippen LogP contribution in [0.15, 0.2) is 5.38 Å². The monoisotopic (exact) mass is 312 g/mol. The van der Waals surface area contributed by atoms with Crippen molar-refractivity contribution in [3.63, 3.8) is 0 Å². The summed E-state index contributed by atoms with van der Waals surface area (Å²) in [6.45, 7) is 14.8. The molecule has 0 saturated carbocycles. The summed E-state index contributed by atoms with van der Waals surface area (Å²) in [5, 5.41) is 2.89. The first-order valence-electron chi connectivity index (χ1n) is 7.37. The Morgan fingerprint density at radius 2 is 1.95 bits per heavy atom. The van der Waals surface area contributed by atoms with Gasteiger partial charge in [0.25, 0.3) is 0 Å². The summed E-state index contributed by atoms with van der Waals surface area (Å²) in [5.74, 6) is -0.228. The highest BCUT2D eigenvalue weighted by molar-refractivity contribution is 7.13. The first-order valence-corrected chi connectivity index (χ1v) is 8.25. The summed E-state index contributed by atoms with van der Waals surface area (Å²) in [6.07, 6.45) is 0. The lowest BCUT2D eigenvalue weighted by atomic mass is 9.87. The SMILES string of the molecule is CCOC(=O)C(C)(C)c1csc(N(C)C(C)C(C)(C)C)n1. The lowest BCUT2D eigenvalue weighted by Gasteiger charge is -2.35. The molecule has 0 fully saturated rings. The molecule has 0 spiro atoms. The van der Waals surface area contributed by atoms with Gasteiger partial charge in [-0.25, -0.2) is 4.98 Å². The molecule has 0 saturated heterocycles. The van der Waals surface area contributed by atoms with Crippen LogP contribution in [0.4, 0.5) is 5.13 Å². The van der Waals surface area contributed by atoms with Gasteiger partial charge in [-0.3, -0.25) is 4.79 Å². The van der Waals surface area contributed by atoms with Gasteiger partial charge in [0, 0.05) is 18.5 Å². The molecule has 1 rings (SSSR count). The van der Waals surface area contributed by atoms with E-state index >= 15 is 0 Å². The largest absolute Gasteiger partial charge is 0.465 e. The quantitative estimate of drug-likeness (QED) is 0.774. The van der Waals surface area contributed by atoms with Crippen molar-refractivity contribution >= 4 is 22.4 Å². The van der Waals surface area contributed by atoms with E-state index in [9.17, 15) is 4.79 Å². The fraction of sp³-hybridized carbons (Fsp3) is 0.750. The predicted octanol–water partition coefficient (Wildman–Crippen LogP) is 3.85. The Balaban J connectivity index is 2.98. The minimum absolute atomic E-state index is 0.164. The summed E-state index contributed by atoms with van der Waals surface area (Å²) in [4.78, 5) is 18.9. The second-order valence-electron chi connectivity index (χ2n) is 7.01. The van der Waals surface area contributed by atoms with Crippen LogP contribution in [0.5, 0.6) is 0 Å². The van der Waals surface area contributed by atoms with Gasteiger partial charge in [0.1, 0.15) is 5.41 Å². The maximum atomic E-state index is 12.1. The molecule has 0 amide bonds. The van der Waals surface area contributed by atoms with Gasteiger partial charge in [0.15, 0.2) is 5.13 Å². The van der Waals surface area contributed by atoms with E-state index in [1.54, 1.807) is 11.3 Å². The van der Waals surface area contributed by atoms with Crippen LogP contribution in [0.25, 0.3) is 0 Å². The zero-order valence-electron chi connectivity index (χ0n) is 14.5. The molecule has 0 aliphatic heterocycles. The van der Waals surface area contributed by atoms with Crippen molar-refractivity contribution in [2.45, 2.75) is 59.9 Å². The van der Waals surface area contributed by atoms with Crippen molar-refractivity contribution in [2.75, 3.05) is 18.6 Å². The van der Waals surface area contributed by atoms with E-state index in [-0.39, 0.29) is 11.4 Å². The molecule has 1 unspecified atom stereocenters. The molecule has 0 aliphatic rings.